The Morgan fingerprint density at radius 3 is 2.47 bits per heavy atom. The van der Waals surface area contributed by atoms with Crippen LogP contribution in [0.5, 0.6) is 0 Å². The van der Waals surface area contributed by atoms with Gasteiger partial charge in [0.15, 0.2) is 4.34 Å². The second-order valence-electron chi connectivity index (χ2n) is 8.07. The predicted octanol–water partition coefficient (Wildman–Crippen LogP) is 7.04. The van der Waals surface area contributed by atoms with Crippen molar-refractivity contribution in [3.8, 4) is 0 Å². The van der Waals surface area contributed by atoms with Crippen LogP contribution < -0.4 is 4.90 Å². The molecule has 0 radical (unpaired) electrons. The smallest absolute Gasteiger partial charge is 0.301 e. The molecule has 1 amide bonds. The van der Waals surface area contributed by atoms with E-state index in [1.54, 1.807) is 24.3 Å². The summed E-state index contributed by atoms with van der Waals surface area (Å²) >= 11 is 14.8. The van der Waals surface area contributed by atoms with Crippen LogP contribution in [0, 0.1) is 11.6 Å². The fourth-order valence-corrected chi connectivity index (χ4v) is 6.29. The molecule has 0 aliphatic carbocycles. The number of anilines is 1. The van der Waals surface area contributed by atoms with Gasteiger partial charge in [-0.15, -0.1) is 10.2 Å². The molecule has 192 valence electrons. The summed E-state index contributed by atoms with van der Waals surface area (Å²) in [6, 6.07) is 14.5. The number of Topliss-reactive ketones (excluding diaryl/α,β-unsaturated/α-hetero) is 1. The minimum Gasteiger partial charge on any atom is -0.507 e. The highest BCUT2D eigenvalue weighted by atomic mass is 35.5. The fraction of sp³-hybridized carbons (Fsp3) is 0.0769. The van der Waals surface area contributed by atoms with E-state index in [1.165, 1.54) is 42.1 Å². The number of carbonyl (C=O) groups excluding carboxylic acids is 2. The Balaban J connectivity index is 1.57. The van der Waals surface area contributed by atoms with Crippen molar-refractivity contribution in [3.63, 3.8) is 0 Å². The number of thioether (sulfide) groups is 1. The number of rotatable bonds is 6. The van der Waals surface area contributed by atoms with E-state index in [0.29, 0.717) is 20.5 Å². The van der Waals surface area contributed by atoms with Crippen LogP contribution in [0.3, 0.4) is 0 Å². The third kappa shape index (κ3) is 5.04. The van der Waals surface area contributed by atoms with Crippen LogP contribution >= 0.6 is 46.3 Å². The Kier molecular flexibility index (Phi) is 7.49. The summed E-state index contributed by atoms with van der Waals surface area (Å²) in [6.07, 6.45) is 0. The van der Waals surface area contributed by atoms with Crippen LogP contribution in [-0.2, 0) is 15.3 Å². The van der Waals surface area contributed by atoms with Crippen molar-refractivity contribution in [2.45, 2.75) is 16.1 Å². The lowest BCUT2D eigenvalue weighted by Gasteiger charge is -2.23. The molecule has 0 bridgehead atoms. The fourth-order valence-electron chi connectivity index (χ4n) is 3.92. The zero-order valence-corrected chi connectivity index (χ0v) is 22.2. The largest absolute Gasteiger partial charge is 0.507 e. The van der Waals surface area contributed by atoms with Gasteiger partial charge in [0.1, 0.15) is 17.4 Å². The summed E-state index contributed by atoms with van der Waals surface area (Å²) in [5, 5.41) is 19.9. The van der Waals surface area contributed by atoms with Crippen LogP contribution in [0.1, 0.15) is 22.7 Å². The molecular formula is C26H15Cl2F2N3O3S2. The molecule has 0 spiro atoms. The van der Waals surface area contributed by atoms with Gasteiger partial charge >= 0.3 is 5.91 Å². The highest BCUT2D eigenvalue weighted by Gasteiger charge is 2.49. The molecule has 3 aromatic carbocycles. The van der Waals surface area contributed by atoms with E-state index in [9.17, 15) is 23.5 Å². The number of carbonyl (C=O) groups is 2. The summed E-state index contributed by atoms with van der Waals surface area (Å²) < 4.78 is 27.9. The first-order valence-corrected chi connectivity index (χ1v) is 13.5. The Morgan fingerprint density at radius 2 is 1.76 bits per heavy atom. The van der Waals surface area contributed by atoms with Crippen molar-refractivity contribution < 1.29 is 23.5 Å². The Morgan fingerprint density at radius 1 is 1.03 bits per heavy atom. The van der Waals surface area contributed by atoms with Crippen molar-refractivity contribution in [1.82, 2.24) is 10.2 Å². The lowest BCUT2D eigenvalue weighted by atomic mass is 9.95. The lowest BCUT2D eigenvalue weighted by Crippen LogP contribution is -2.29. The summed E-state index contributed by atoms with van der Waals surface area (Å²) in [4.78, 5) is 27.6. The number of benzene rings is 3. The quantitative estimate of drug-likeness (QED) is 0.0853. The molecule has 4 aromatic rings. The Hall–Kier alpha value is -3.31. The van der Waals surface area contributed by atoms with Gasteiger partial charge in [0.25, 0.3) is 5.78 Å². The third-order valence-electron chi connectivity index (χ3n) is 5.73. The molecule has 1 atom stereocenters. The summed E-state index contributed by atoms with van der Waals surface area (Å²) in [7, 11) is 0. The minimum absolute atomic E-state index is 0.0808. The number of ketones is 1. The Bertz CT molecular complexity index is 1590. The van der Waals surface area contributed by atoms with Crippen LogP contribution in [0.15, 0.2) is 76.6 Å². The molecule has 0 saturated carbocycles. The number of hydrogen-bond acceptors (Lipinski definition) is 7. The van der Waals surface area contributed by atoms with E-state index >= 15 is 0 Å². The molecule has 12 heteroatoms. The summed E-state index contributed by atoms with van der Waals surface area (Å²) in [5.41, 5.74) is 0.677. The number of aliphatic hydroxyl groups excluding tert-OH is 1. The maximum Gasteiger partial charge on any atom is 0.301 e. The minimum atomic E-state index is -1.16. The standard InChI is InChI=1S/C26H15Cl2F2N3O3S2/c27-15-7-10-17(18(28)11-15)21-20(22(34)13-5-8-16(29)9-6-13)23(35)24(36)33(21)25-31-32-26(38-25)37-12-14-3-1-2-4-19(14)30/h1-11,21,34H,12H2/b22-20-. The van der Waals surface area contributed by atoms with E-state index in [-0.39, 0.29) is 32.9 Å². The average Bonchev–Trinajstić information content (AvgIpc) is 3.46. The molecule has 38 heavy (non-hydrogen) atoms. The van der Waals surface area contributed by atoms with Crippen molar-refractivity contribution in [2.24, 2.45) is 0 Å². The molecule has 5 rings (SSSR count). The van der Waals surface area contributed by atoms with Gasteiger partial charge in [-0.05, 0) is 53.6 Å². The van der Waals surface area contributed by atoms with E-state index < -0.39 is 29.3 Å². The monoisotopic (exact) mass is 589 g/mol. The van der Waals surface area contributed by atoms with E-state index in [2.05, 4.69) is 10.2 Å². The SMILES string of the molecule is O=C1C(=O)N(c2nnc(SCc3ccccc3F)s2)C(c2ccc(Cl)cc2Cl)/C1=C(/O)c1ccc(F)cc1. The van der Waals surface area contributed by atoms with Gasteiger partial charge in [-0.25, -0.2) is 8.78 Å². The van der Waals surface area contributed by atoms with Crippen molar-refractivity contribution in [3.05, 3.63) is 111 Å². The number of aromatic nitrogens is 2. The molecule has 1 unspecified atom stereocenters. The van der Waals surface area contributed by atoms with Gasteiger partial charge in [-0.2, -0.15) is 0 Å². The number of nitrogens with zero attached hydrogens (tertiary/aromatic N) is 3. The van der Waals surface area contributed by atoms with Crippen molar-refractivity contribution >= 4 is 68.9 Å². The molecule has 2 heterocycles. The Labute approximate surface area is 233 Å². The predicted molar refractivity (Wildman–Crippen MR) is 144 cm³/mol. The molecule has 1 saturated heterocycles. The highest BCUT2D eigenvalue weighted by molar-refractivity contribution is 8.00. The molecule has 1 N–H and O–H groups in total. The molecule has 1 aliphatic heterocycles. The molecule has 1 fully saturated rings. The third-order valence-corrected chi connectivity index (χ3v) is 8.40. The van der Waals surface area contributed by atoms with Gasteiger partial charge < -0.3 is 5.11 Å². The van der Waals surface area contributed by atoms with E-state index in [1.807, 2.05) is 0 Å². The topological polar surface area (TPSA) is 83.4 Å². The zero-order valence-electron chi connectivity index (χ0n) is 19.1. The van der Waals surface area contributed by atoms with Crippen molar-refractivity contribution in [2.75, 3.05) is 4.90 Å². The first-order chi connectivity index (χ1) is 18.2. The highest BCUT2D eigenvalue weighted by Crippen LogP contribution is 2.46. The number of amides is 1. The van der Waals surface area contributed by atoms with Gasteiger partial charge in [0, 0.05) is 21.4 Å². The van der Waals surface area contributed by atoms with Gasteiger partial charge in [-0.1, -0.05) is 70.6 Å². The number of hydrogen-bond donors (Lipinski definition) is 1. The average molecular weight is 590 g/mol. The summed E-state index contributed by atoms with van der Waals surface area (Å²) in [6.45, 7) is 0. The van der Waals surface area contributed by atoms with E-state index in [0.717, 1.165) is 28.4 Å². The number of aliphatic hydroxyl groups is 1. The van der Waals surface area contributed by atoms with Crippen LogP contribution in [-0.4, -0.2) is 27.0 Å². The normalized spacial score (nSPS) is 16.8. The van der Waals surface area contributed by atoms with E-state index in [4.69, 9.17) is 23.2 Å². The van der Waals surface area contributed by atoms with Crippen molar-refractivity contribution in [1.29, 1.82) is 0 Å². The number of halogens is 4. The lowest BCUT2D eigenvalue weighted by molar-refractivity contribution is -0.132. The van der Waals surface area contributed by atoms with Crippen LogP contribution in [0.4, 0.5) is 13.9 Å². The first-order valence-electron chi connectivity index (χ1n) is 11.0. The summed E-state index contributed by atoms with van der Waals surface area (Å²) in [5.74, 6) is -3.04. The van der Waals surface area contributed by atoms with Crippen LogP contribution in [0.2, 0.25) is 10.0 Å². The first kappa shape index (κ1) is 26.3. The molecule has 6 nitrogen and oxygen atoms in total. The maximum atomic E-state index is 14.0. The molecule has 1 aromatic heterocycles. The zero-order chi connectivity index (χ0) is 27.0. The maximum absolute atomic E-state index is 14.0. The molecule has 1 aliphatic rings. The van der Waals surface area contributed by atoms with Gasteiger partial charge in [-0.3, -0.25) is 14.5 Å². The second-order valence-corrected chi connectivity index (χ2v) is 11.1. The van der Waals surface area contributed by atoms with Gasteiger partial charge in [0.2, 0.25) is 5.13 Å². The van der Waals surface area contributed by atoms with Gasteiger partial charge in [0.05, 0.1) is 11.6 Å². The molecular weight excluding hydrogens is 575 g/mol. The second kappa shape index (κ2) is 10.8. The van der Waals surface area contributed by atoms with Crippen LogP contribution in [0.25, 0.3) is 5.76 Å².